The zero-order valence-corrected chi connectivity index (χ0v) is 11.4. The van der Waals surface area contributed by atoms with Crippen molar-refractivity contribution in [2.45, 2.75) is 26.2 Å². The van der Waals surface area contributed by atoms with Crippen LogP contribution in [0.25, 0.3) is 6.08 Å². The number of allylic oxidation sites excluding steroid dienone is 1. The Morgan fingerprint density at radius 2 is 2.00 bits per heavy atom. The summed E-state index contributed by atoms with van der Waals surface area (Å²) in [7, 11) is 0. The van der Waals surface area contributed by atoms with Crippen molar-refractivity contribution in [1.82, 2.24) is 0 Å². The lowest BCUT2D eigenvalue weighted by Gasteiger charge is -2.08. The van der Waals surface area contributed by atoms with Crippen molar-refractivity contribution < 1.29 is 4.74 Å². The average molecular weight is 283 g/mol. The molecule has 1 nitrogen and oxygen atoms in total. The number of hydrogen-bond donors (Lipinski definition) is 0. The van der Waals surface area contributed by atoms with Crippen LogP contribution in [0.15, 0.2) is 30.3 Å². The molecule has 16 heavy (non-hydrogen) atoms. The zero-order valence-electron chi connectivity index (χ0n) is 9.79. The van der Waals surface area contributed by atoms with Gasteiger partial charge in [0.25, 0.3) is 0 Å². The number of halogens is 1. The minimum Gasteiger partial charge on any atom is -0.493 e. The highest BCUT2D eigenvalue weighted by atomic mass is 79.9. The van der Waals surface area contributed by atoms with Gasteiger partial charge in [0.1, 0.15) is 5.75 Å². The van der Waals surface area contributed by atoms with Crippen molar-refractivity contribution in [3.8, 4) is 5.75 Å². The maximum atomic E-state index is 5.77. The Morgan fingerprint density at radius 3 is 2.75 bits per heavy atom. The Hall–Kier alpha value is -0.760. The fourth-order valence-corrected chi connectivity index (χ4v) is 1.88. The van der Waals surface area contributed by atoms with Gasteiger partial charge in [-0.2, -0.15) is 0 Å². The molecular weight excluding hydrogens is 264 g/mol. The summed E-state index contributed by atoms with van der Waals surface area (Å²) in [6.45, 7) is 2.83. The molecule has 0 aliphatic carbocycles. The van der Waals surface area contributed by atoms with Crippen LogP contribution in [0.4, 0.5) is 0 Å². The first kappa shape index (κ1) is 13.3. The van der Waals surface area contributed by atoms with Crippen molar-refractivity contribution in [2.75, 3.05) is 11.9 Å². The van der Waals surface area contributed by atoms with Gasteiger partial charge < -0.3 is 4.74 Å². The van der Waals surface area contributed by atoms with Crippen LogP contribution in [-0.2, 0) is 0 Å². The first-order valence-corrected chi connectivity index (χ1v) is 6.91. The van der Waals surface area contributed by atoms with Gasteiger partial charge in [-0.25, -0.2) is 0 Å². The predicted octanol–water partition coefficient (Wildman–Crippen LogP) is 4.66. The van der Waals surface area contributed by atoms with Crippen molar-refractivity contribution in [1.29, 1.82) is 0 Å². The topological polar surface area (TPSA) is 9.23 Å². The van der Waals surface area contributed by atoms with E-state index in [1.165, 1.54) is 12.8 Å². The molecule has 1 aromatic rings. The summed E-state index contributed by atoms with van der Waals surface area (Å²) < 4.78 is 5.77. The van der Waals surface area contributed by atoms with E-state index in [1.807, 2.05) is 31.2 Å². The molecule has 0 heterocycles. The molecule has 0 amide bonds. The van der Waals surface area contributed by atoms with E-state index in [0.717, 1.165) is 29.7 Å². The molecule has 0 saturated heterocycles. The van der Waals surface area contributed by atoms with E-state index in [4.69, 9.17) is 4.74 Å². The standard InChI is InChI=1S/C14H19BrO/c1-2-8-13-9-4-5-10-14(13)16-12-7-3-6-11-15/h2,4-5,8-10H,3,6-7,11-12H2,1H3. The SMILES string of the molecule is CC=Cc1ccccc1OCCCCCBr. The lowest BCUT2D eigenvalue weighted by atomic mass is 10.2. The molecular formula is C14H19BrO. The summed E-state index contributed by atoms with van der Waals surface area (Å²) in [6, 6.07) is 8.15. The third-order valence-electron chi connectivity index (χ3n) is 2.30. The number of alkyl halides is 1. The monoisotopic (exact) mass is 282 g/mol. The van der Waals surface area contributed by atoms with E-state index < -0.39 is 0 Å². The summed E-state index contributed by atoms with van der Waals surface area (Å²) in [4.78, 5) is 0. The molecule has 0 radical (unpaired) electrons. The Morgan fingerprint density at radius 1 is 1.19 bits per heavy atom. The Balaban J connectivity index is 2.40. The summed E-state index contributed by atoms with van der Waals surface area (Å²) in [5.41, 5.74) is 1.16. The van der Waals surface area contributed by atoms with Crippen LogP contribution >= 0.6 is 15.9 Å². The highest BCUT2D eigenvalue weighted by Gasteiger charge is 1.98. The first-order chi connectivity index (χ1) is 7.88. The van der Waals surface area contributed by atoms with Crippen molar-refractivity contribution in [3.05, 3.63) is 35.9 Å². The van der Waals surface area contributed by atoms with Gasteiger partial charge in [-0.3, -0.25) is 0 Å². The second-order valence-corrected chi connectivity index (χ2v) is 4.43. The van der Waals surface area contributed by atoms with Crippen LogP contribution in [0.2, 0.25) is 0 Å². The molecule has 0 spiro atoms. The van der Waals surface area contributed by atoms with E-state index in [1.54, 1.807) is 0 Å². The van der Waals surface area contributed by atoms with Crippen molar-refractivity contribution >= 4 is 22.0 Å². The van der Waals surface area contributed by atoms with Gasteiger partial charge in [0.05, 0.1) is 6.61 Å². The lowest BCUT2D eigenvalue weighted by molar-refractivity contribution is 0.306. The second kappa shape index (κ2) is 8.40. The minimum atomic E-state index is 0.807. The minimum absolute atomic E-state index is 0.807. The maximum Gasteiger partial charge on any atom is 0.126 e. The first-order valence-electron chi connectivity index (χ1n) is 5.79. The van der Waals surface area contributed by atoms with Crippen LogP contribution in [0.1, 0.15) is 31.7 Å². The smallest absolute Gasteiger partial charge is 0.126 e. The van der Waals surface area contributed by atoms with Gasteiger partial charge in [0, 0.05) is 10.9 Å². The fraction of sp³-hybridized carbons (Fsp3) is 0.429. The van der Waals surface area contributed by atoms with Gasteiger partial charge in [-0.1, -0.05) is 46.3 Å². The summed E-state index contributed by atoms with van der Waals surface area (Å²) in [6.07, 6.45) is 7.67. The van der Waals surface area contributed by atoms with E-state index in [-0.39, 0.29) is 0 Å². The molecule has 0 aromatic heterocycles. The van der Waals surface area contributed by atoms with E-state index in [2.05, 4.69) is 28.1 Å². The number of ether oxygens (including phenoxy) is 1. The number of unbranched alkanes of at least 4 members (excludes halogenated alkanes) is 2. The Kier molecular flexibility index (Phi) is 6.98. The highest BCUT2D eigenvalue weighted by molar-refractivity contribution is 9.09. The molecule has 0 saturated carbocycles. The molecule has 2 heteroatoms. The van der Waals surface area contributed by atoms with Gasteiger partial charge in [0.2, 0.25) is 0 Å². The van der Waals surface area contributed by atoms with E-state index in [0.29, 0.717) is 0 Å². The van der Waals surface area contributed by atoms with Crippen LogP contribution in [0, 0.1) is 0 Å². The number of para-hydroxylation sites is 1. The number of rotatable bonds is 7. The lowest BCUT2D eigenvalue weighted by Crippen LogP contribution is -1.98. The average Bonchev–Trinajstić information content (AvgIpc) is 2.31. The van der Waals surface area contributed by atoms with Gasteiger partial charge in [0.15, 0.2) is 0 Å². The fourth-order valence-electron chi connectivity index (χ4n) is 1.48. The third kappa shape index (κ3) is 4.84. The van der Waals surface area contributed by atoms with E-state index >= 15 is 0 Å². The van der Waals surface area contributed by atoms with Crippen LogP contribution in [-0.4, -0.2) is 11.9 Å². The van der Waals surface area contributed by atoms with Gasteiger partial charge in [-0.15, -0.1) is 0 Å². The quantitative estimate of drug-likeness (QED) is 0.522. The summed E-state index contributed by atoms with van der Waals surface area (Å²) in [5.74, 6) is 0.986. The van der Waals surface area contributed by atoms with Crippen LogP contribution < -0.4 is 4.74 Å². The van der Waals surface area contributed by atoms with Crippen molar-refractivity contribution in [2.24, 2.45) is 0 Å². The molecule has 0 aliphatic heterocycles. The van der Waals surface area contributed by atoms with Gasteiger partial charge >= 0.3 is 0 Å². The molecule has 0 bridgehead atoms. The summed E-state index contributed by atoms with van der Waals surface area (Å²) in [5, 5.41) is 1.09. The molecule has 88 valence electrons. The second-order valence-electron chi connectivity index (χ2n) is 3.64. The Bertz CT molecular complexity index is 320. The number of benzene rings is 1. The van der Waals surface area contributed by atoms with Crippen molar-refractivity contribution in [3.63, 3.8) is 0 Å². The summed E-state index contributed by atoms with van der Waals surface area (Å²) >= 11 is 3.43. The zero-order chi connectivity index (χ0) is 11.6. The normalized spacial score (nSPS) is 10.9. The largest absolute Gasteiger partial charge is 0.493 e. The Labute approximate surface area is 107 Å². The molecule has 0 atom stereocenters. The molecule has 1 aromatic carbocycles. The number of hydrogen-bond acceptors (Lipinski definition) is 1. The molecule has 0 fully saturated rings. The van der Waals surface area contributed by atoms with E-state index in [9.17, 15) is 0 Å². The molecule has 0 unspecified atom stereocenters. The highest BCUT2D eigenvalue weighted by Crippen LogP contribution is 2.19. The molecule has 1 rings (SSSR count). The third-order valence-corrected chi connectivity index (χ3v) is 2.86. The van der Waals surface area contributed by atoms with Gasteiger partial charge in [-0.05, 0) is 32.3 Å². The molecule has 0 N–H and O–H groups in total. The van der Waals surface area contributed by atoms with Crippen LogP contribution in [0.5, 0.6) is 5.75 Å². The predicted molar refractivity (Wildman–Crippen MR) is 74.3 cm³/mol. The maximum absolute atomic E-state index is 5.77. The molecule has 0 aliphatic rings. The van der Waals surface area contributed by atoms with Crippen LogP contribution in [0.3, 0.4) is 0 Å².